The van der Waals surface area contributed by atoms with E-state index in [1.54, 1.807) is 37.3 Å². The molecule has 0 N–H and O–H groups in total. The number of ether oxygens (including phenoxy) is 1. The fourth-order valence-electron chi connectivity index (χ4n) is 3.04. The van der Waals surface area contributed by atoms with Crippen molar-refractivity contribution in [3.63, 3.8) is 0 Å². The lowest BCUT2D eigenvalue weighted by atomic mass is 10.1. The van der Waals surface area contributed by atoms with Crippen LogP contribution in [0.3, 0.4) is 0 Å². The fourth-order valence-corrected chi connectivity index (χ4v) is 3.85. The van der Waals surface area contributed by atoms with E-state index in [0.29, 0.717) is 33.2 Å². The molecule has 0 aliphatic heterocycles. The Morgan fingerprint density at radius 3 is 2.74 bits per heavy atom. The predicted octanol–water partition coefficient (Wildman–Crippen LogP) is 5.32. The van der Waals surface area contributed by atoms with E-state index in [2.05, 4.69) is 20.3 Å². The third-order valence-electron chi connectivity index (χ3n) is 4.51. The lowest BCUT2D eigenvalue weighted by Gasteiger charge is -2.05. The molecule has 0 bridgehead atoms. The average molecular weight is 453 g/mol. The van der Waals surface area contributed by atoms with Crippen LogP contribution in [0.1, 0.15) is 21.9 Å². The van der Waals surface area contributed by atoms with Crippen LogP contribution in [0.15, 0.2) is 56.9 Å². The summed E-state index contributed by atoms with van der Waals surface area (Å²) >= 11 is 7.40. The summed E-state index contributed by atoms with van der Waals surface area (Å²) in [6.07, 6.45) is 0. The van der Waals surface area contributed by atoms with Gasteiger partial charge in [-0.2, -0.15) is 4.98 Å². The van der Waals surface area contributed by atoms with Gasteiger partial charge in [-0.05, 0) is 48.7 Å². The van der Waals surface area contributed by atoms with Gasteiger partial charge in [0.05, 0.1) is 27.2 Å². The summed E-state index contributed by atoms with van der Waals surface area (Å²) in [6.45, 7) is 1.56. The summed E-state index contributed by atoms with van der Waals surface area (Å²) in [5.41, 5.74) is 2.48. The van der Waals surface area contributed by atoms with Crippen molar-refractivity contribution in [3.8, 4) is 22.0 Å². The Morgan fingerprint density at radius 1 is 1.13 bits per heavy atom. The zero-order valence-electron chi connectivity index (χ0n) is 16.0. The predicted molar refractivity (Wildman–Crippen MR) is 114 cm³/mol. The number of thiophene rings is 1. The SMILES string of the molecule is Cc1noc2nc(-c3cccs3)cc(C(=O)OCc3nc(-c4ccc(Cl)cc4)no3)c12. The summed E-state index contributed by atoms with van der Waals surface area (Å²) in [7, 11) is 0. The number of carbonyl (C=O) groups is 1. The number of aryl methyl sites for hydroxylation is 1. The number of esters is 1. The maximum absolute atomic E-state index is 12.9. The van der Waals surface area contributed by atoms with Crippen LogP contribution in [-0.2, 0) is 11.3 Å². The van der Waals surface area contributed by atoms with Gasteiger partial charge >= 0.3 is 5.97 Å². The van der Waals surface area contributed by atoms with Gasteiger partial charge in [0.2, 0.25) is 5.82 Å². The highest BCUT2D eigenvalue weighted by Crippen LogP contribution is 2.30. The number of halogens is 1. The zero-order valence-corrected chi connectivity index (χ0v) is 17.6. The number of benzene rings is 1. The third-order valence-corrected chi connectivity index (χ3v) is 5.65. The first-order valence-corrected chi connectivity index (χ1v) is 10.4. The van der Waals surface area contributed by atoms with E-state index in [1.165, 1.54) is 11.3 Å². The van der Waals surface area contributed by atoms with Crippen LogP contribution in [0.25, 0.3) is 33.1 Å². The molecule has 0 fully saturated rings. The molecule has 4 heterocycles. The van der Waals surface area contributed by atoms with Crippen molar-refractivity contribution in [2.45, 2.75) is 13.5 Å². The molecule has 8 nitrogen and oxygen atoms in total. The summed E-state index contributed by atoms with van der Waals surface area (Å²) in [5.74, 6) is -0.0178. The van der Waals surface area contributed by atoms with Crippen molar-refractivity contribution in [3.05, 3.63) is 70.0 Å². The zero-order chi connectivity index (χ0) is 21.4. The number of pyridine rings is 1. The molecule has 0 unspecified atom stereocenters. The summed E-state index contributed by atoms with van der Waals surface area (Å²) in [6, 6.07) is 12.5. The number of carbonyl (C=O) groups excluding carboxylic acids is 1. The molecule has 0 radical (unpaired) electrons. The Labute approximate surface area is 184 Å². The van der Waals surface area contributed by atoms with Crippen LogP contribution in [0.5, 0.6) is 0 Å². The molecular weight excluding hydrogens is 440 g/mol. The second kappa shape index (κ2) is 7.93. The van der Waals surface area contributed by atoms with E-state index in [4.69, 9.17) is 25.4 Å². The number of aromatic nitrogens is 4. The molecule has 0 spiro atoms. The second-order valence-corrected chi connectivity index (χ2v) is 7.96. The monoisotopic (exact) mass is 452 g/mol. The van der Waals surface area contributed by atoms with Gasteiger partial charge in [-0.1, -0.05) is 28.0 Å². The van der Waals surface area contributed by atoms with Crippen molar-refractivity contribution in [1.29, 1.82) is 0 Å². The smallest absolute Gasteiger partial charge is 0.339 e. The van der Waals surface area contributed by atoms with E-state index in [9.17, 15) is 4.79 Å². The number of rotatable bonds is 5. The van der Waals surface area contributed by atoms with Gasteiger partial charge < -0.3 is 13.8 Å². The highest BCUT2D eigenvalue weighted by molar-refractivity contribution is 7.13. The standard InChI is InChI=1S/C21H13ClN4O4S/c1-11-18-14(9-15(16-3-2-8-31-16)23-20(18)30-25-11)21(27)28-10-17-24-19(26-29-17)12-4-6-13(22)7-5-12/h2-9H,10H2,1H3. The quantitative estimate of drug-likeness (QED) is 0.330. The molecule has 0 aliphatic carbocycles. The normalized spacial score (nSPS) is 11.2. The van der Waals surface area contributed by atoms with Crippen LogP contribution < -0.4 is 0 Å². The molecule has 4 aromatic heterocycles. The minimum Gasteiger partial charge on any atom is -0.452 e. The molecule has 10 heteroatoms. The van der Waals surface area contributed by atoms with Crippen molar-refractivity contribution in [2.75, 3.05) is 0 Å². The Hall–Kier alpha value is -3.56. The largest absolute Gasteiger partial charge is 0.452 e. The number of hydrogen-bond donors (Lipinski definition) is 0. The summed E-state index contributed by atoms with van der Waals surface area (Å²) in [4.78, 5) is 22.5. The van der Waals surface area contributed by atoms with Crippen LogP contribution in [-0.4, -0.2) is 26.3 Å². The maximum Gasteiger partial charge on any atom is 0.339 e. The minimum atomic E-state index is -0.567. The molecule has 5 rings (SSSR count). The van der Waals surface area contributed by atoms with Gasteiger partial charge in [0.15, 0.2) is 6.61 Å². The second-order valence-electron chi connectivity index (χ2n) is 6.58. The van der Waals surface area contributed by atoms with Gasteiger partial charge in [-0.25, -0.2) is 9.78 Å². The van der Waals surface area contributed by atoms with E-state index in [-0.39, 0.29) is 18.2 Å². The Balaban J connectivity index is 1.39. The molecule has 0 saturated carbocycles. The first-order valence-electron chi connectivity index (χ1n) is 9.15. The van der Waals surface area contributed by atoms with Crippen LogP contribution in [0, 0.1) is 6.92 Å². The van der Waals surface area contributed by atoms with Gasteiger partial charge in [0, 0.05) is 10.6 Å². The molecule has 0 amide bonds. The topological polar surface area (TPSA) is 104 Å². The van der Waals surface area contributed by atoms with E-state index in [1.807, 2.05) is 17.5 Å². The van der Waals surface area contributed by atoms with Crippen molar-refractivity contribution in [1.82, 2.24) is 20.3 Å². The lowest BCUT2D eigenvalue weighted by molar-refractivity contribution is 0.0432. The molecule has 1 aromatic carbocycles. The molecule has 154 valence electrons. The molecule has 0 atom stereocenters. The van der Waals surface area contributed by atoms with Gasteiger partial charge in [-0.3, -0.25) is 0 Å². The Morgan fingerprint density at radius 2 is 1.97 bits per heavy atom. The van der Waals surface area contributed by atoms with Crippen molar-refractivity contribution >= 4 is 40.0 Å². The Bertz CT molecular complexity index is 1380. The maximum atomic E-state index is 12.9. The molecule has 5 aromatic rings. The molecule has 0 saturated heterocycles. The summed E-state index contributed by atoms with van der Waals surface area (Å²) in [5, 5.41) is 10.9. The van der Waals surface area contributed by atoms with Crippen molar-refractivity contribution in [2.24, 2.45) is 0 Å². The molecule has 0 aliphatic rings. The lowest BCUT2D eigenvalue weighted by Crippen LogP contribution is -2.07. The van der Waals surface area contributed by atoms with Crippen LogP contribution in [0.2, 0.25) is 5.02 Å². The number of hydrogen-bond acceptors (Lipinski definition) is 9. The van der Waals surface area contributed by atoms with Crippen molar-refractivity contribution < 1.29 is 18.6 Å². The van der Waals surface area contributed by atoms with E-state index < -0.39 is 5.97 Å². The van der Waals surface area contributed by atoms with E-state index >= 15 is 0 Å². The highest BCUT2D eigenvalue weighted by Gasteiger charge is 2.21. The van der Waals surface area contributed by atoms with Gasteiger partial charge in [0.1, 0.15) is 0 Å². The first-order chi connectivity index (χ1) is 15.1. The van der Waals surface area contributed by atoms with Crippen LogP contribution in [0.4, 0.5) is 0 Å². The first kappa shape index (κ1) is 19.4. The van der Waals surface area contributed by atoms with Gasteiger partial charge in [-0.15, -0.1) is 11.3 Å². The minimum absolute atomic E-state index is 0.170. The van der Waals surface area contributed by atoms with E-state index in [0.717, 1.165) is 10.4 Å². The van der Waals surface area contributed by atoms with Crippen LogP contribution >= 0.6 is 22.9 Å². The number of nitrogens with zero attached hydrogens (tertiary/aromatic N) is 4. The fraction of sp³-hybridized carbons (Fsp3) is 0.0952. The average Bonchev–Trinajstić information content (AvgIpc) is 3.54. The molecular formula is C21H13ClN4O4S. The summed E-state index contributed by atoms with van der Waals surface area (Å²) < 4.78 is 15.9. The number of fused-ring (bicyclic) bond motifs is 1. The molecule has 31 heavy (non-hydrogen) atoms. The Kier molecular flexibility index (Phi) is 4.97. The van der Waals surface area contributed by atoms with Gasteiger partial charge in [0.25, 0.3) is 11.6 Å². The highest BCUT2D eigenvalue weighted by atomic mass is 35.5. The third kappa shape index (κ3) is 3.80.